The Morgan fingerprint density at radius 1 is 1.15 bits per heavy atom. The van der Waals surface area contributed by atoms with Crippen molar-refractivity contribution in [3.63, 3.8) is 0 Å². The fourth-order valence-corrected chi connectivity index (χ4v) is 2.96. The molecule has 0 aliphatic carbocycles. The van der Waals surface area contributed by atoms with E-state index in [1.807, 2.05) is 0 Å². The molecule has 0 heterocycles. The number of hydrogen-bond donors (Lipinski definition) is 1. The number of sulfonamides is 1. The second kappa shape index (κ2) is 8.37. The number of ether oxygens (including phenoxy) is 1. The second-order valence-corrected chi connectivity index (χ2v) is 6.50. The Labute approximate surface area is 147 Å². The molecule has 0 aliphatic rings. The molecule has 7 nitrogen and oxygen atoms in total. The zero-order chi connectivity index (χ0) is 19.2. The van der Waals surface area contributed by atoms with Crippen molar-refractivity contribution in [2.75, 3.05) is 13.2 Å². The van der Waals surface area contributed by atoms with Crippen molar-refractivity contribution in [3.05, 3.63) is 64.2 Å². The van der Waals surface area contributed by atoms with Gasteiger partial charge < -0.3 is 4.74 Å². The fourth-order valence-electron chi connectivity index (χ4n) is 1.86. The van der Waals surface area contributed by atoms with Gasteiger partial charge in [-0.2, -0.15) is 4.72 Å². The van der Waals surface area contributed by atoms with Crippen LogP contribution in [0.4, 0.5) is 14.5 Å². The van der Waals surface area contributed by atoms with Crippen molar-refractivity contribution in [1.82, 2.24) is 4.72 Å². The van der Waals surface area contributed by atoms with Gasteiger partial charge in [-0.25, -0.2) is 17.2 Å². The van der Waals surface area contributed by atoms with Crippen molar-refractivity contribution in [2.24, 2.45) is 0 Å². The Kier molecular flexibility index (Phi) is 6.21. The van der Waals surface area contributed by atoms with Gasteiger partial charge in [-0.3, -0.25) is 10.1 Å². The van der Waals surface area contributed by atoms with E-state index in [4.69, 9.17) is 4.74 Å². The lowest BCUT2D eigenvalue weighted by molar-refractivity contribution is -0.387. The van der Waals surface area contributed by atoms with Gasteiger partial charge in [-0.15, -0.1) is 0 Å². The number of nitro groups is 1. The molecule has 2 aromatic carbocycles. The van der Waals surface area contributed by atoms with Crippen LogP contribution in [0.2, 0.25) is 0 Å². The standard InChI is InChI=1S/C16H12F2N2O5S/c17-12-7-8-15(13(18)11-12)25-10-4-3-9-19-26(23,24)16-6-2-1-5-14(16)20(21)22/h1-2,5-8,11,19H,9-10H2. The summed E-state index contributed by atoms with van der Waals surface area (Å²) in [6, 6.07) is 7.67. The first kappa shape index (κ1) is 19.3. The summed E-state index contributed by atoms with van der Waals surface area (Å²) < 4.78 is 57.3. The van der Waals surface area contributed by atoms with Gasteiger partial charge in [0.1, 0.15) is 12.4 Å². The first-order valence-corrected chi connectivity index (χ1v) is 8.56. The number of halogens is 2. The van der Waals surface area contributed by atoms with E-state index >= 15 is 0 Å². The number of hydrogen-bond acceptors (Lipinski definition) is 5. The van der Waals surface area contributed by atoms with Crippen LogP contribution < -0.4 is 9.46 Å². The van der Waals surface area contributed by atoms with Crippen LogP contribution >= 0.6 is 0 Å². The summed E-state index contributed by atoms with van der Waals surface area (Å²) in [5, 5.41) is 10.9. The molecule has 0 saturated heterocycles. The molecular formula is C16H12F2N2O5S. The Morgan fingerprint density at radius 3 is 2.58 bits per heavy atom. The van der Waals surface area contributed by atoms with Crippen molar-refractivity contribution in [3.8, 4) is 17.6 Å². The summed E-state index contributed by atoms with van der Waals surface area (Å²) in [4.78, 5) is 9.61. The maximum atomic E-state index is 13.3. The molecule has 2 aromatic rings. The van der Waals surface area contributed by atoms with E-state index in [1.54, 1.807) is 0 Å². The van der Waals surface area contributed by atoms with Crippen molar-refractivity contribution < 1.29 is 26.9 Å². The molecule has 0 aliphatic heterocycles. The predicted octanol–water partition coefficient (Wildman–Crippen LogP) is 2.23. The summed E-state index contributed by atoms with van der Waals surface area (Å²) in [7, 11) is -4.12. The maximum Gasteiger partial charge on any atom is 0.289 e. The summed E-state index contributed by atoms with van der Waals surface area (Å²) in [5.74, 6) is 3.05. The van der Waals surface area contributed by atoms with Gasteiger partial charge in [0.05, 0.1) is 11.5 Å². The van der Waals surface area contributed by atoms with Crippen LogP contribution in [0.1, 0.15) is 0 Å². The maximum absolute atomic E-state index is 13.3. The van der Waals surface area contributed by atoms with E-state index in [1.165, 1.54) is 12.1 Å². The van der Waals surface area contributed by atoms with Gasteiger partial charge >= 0.3 is 0 Å². The van der Waals surface area contributed by atoms with Gasteiger partial charge in [-0.05, 0) is 18.2 Å². The van der Waals surface area contributed by atoms with E-state index < -0.39 is 37.2 Å². The lowest BCUT2D eigenvalue weighted by Crippen LogP contribution is -2.24. The average molecular weight is 382 g/mol. The van der Waals surface area contributed by atoms with Crippen LogP contribution in [0.3, 0.4) is 0 Å². The lowest BCUT2D eigenvalue weighted by atomic mass is 10.3. The molecule has 0 unspecified atom stereocenters. The Bertz CT molecular complexity index is 984. The average Bonchev–Trinajstić information content (AvgIpc) is 2.59. The van der Waals surface area contributed by atoms with E-state index in [0.717, 1.165) is 24.3 Å². The first-order valence-electron chi connectivity index (χ1n) is 7.08. The number of benzene rings is 2. The largest absolute Gasteiger partial charge is 0.478 e. The Hall–Kier alpha value is -3.03. The summed E-state index contributed by atoms with van der Waals surface area (Å²) in [6.07, 6.45) is 0. The smallest absolute Gasteiger partial charge is 0.289 e. The third-order valence-electron chi connectivity index (χ3n) is 3.02. The van der Waals surface area contributed by atoms with E-state index in [0.29, 0.717) is 6.07 Å². The molecule has 0 spiro atoms. The first-order chi connectivity index (χ1) is 12.3. The Balaban J connectivity index is 1.94. The molecule has 1 N–H and O–H groups in total. The van der Waals surface area contributed by atoms with Gasteiger partial charge in [0, 0.05) is 12.1 Å². The zero-order valence-electron chi connectivity index (χ0n) is 13.1. The highest BCUT2D eigenvalue weighted by Crippen LogP contribution is 2.22. The summed E-state index contributed by atoms with van der Waals surface area (Å²) in [6.45, 7) is -0.584. The molecule has 2 rings (SSSR count). The molecule has 10 heteroatoms. The van der Waals surface area contributed by atoms with Crippen LogP contribution in [0.15, 0.2) is 47.4 Å². The molecule has 136 valence electrons. The second-order valence-electron chi connectivity index (χ2n) is 4.77. The number of nitrogens with zero attached hydrogens (tertiary/aromatic N) is 1. The molecular weight excluding hydrogens is 370 g/mol. The van der Waals surface area contributed by atoms with E-state index in [2.05, 4.69) is 16.6 Å². The summed E-state index contributed by atoms with van der Waals surface area (Å²) >= 11 is 0. The molecule has 0 amide bonds. The molecule has 0 fully saturated rings. The van der Waals surface area contributed by atoms with Crippen LogP contribution in [-0.2, 0) is 10.0 Å². The van der Waals surface area contributed by atoms with Crippen molar-refractivity contribution in [2.45, 2.75) is 4.90 Å². The Morgan fingerprint density at radius 2 is 1.88 bits per heavy atom. The third kappa shape index (κ3) is 4.98. The highest BCUT2D eigenvalue weighted by atomic mass is 32.2. The lowest BCUT2D eigenvalue weighted by Gasteiger charge is -2.04. The van der Waals surface area contributed by atoms with Crippen LogP contribution in [-0.4, -0.2) is 26.5 Å². The van der Waals surface area contributed by atoms with Gasteiger partial charge in [0.15, 0.2) is 16.5 Å². The van der Waals surface area contributed by atoms with Crippen LogP contribution in [0.25, 0.3) is 0 Å². The zero-order valence-corrected chi connectivity index (χ0v) is 13.9. The SMILES string of the molecule is O=[N+]([O-])c1ccccc1S(=O)(=O)NCC#CCOc1ccc(F)cc1F. The number of nitro benzene ring substituents is 1. The predicted molar refractivity (Wildman–Crippen MR) is 87.9 cm³/mol. The van der Waals surface area contributed by atoms with Crippen LogP contribution in [0, 0.1) is 33.6 Å². The topological polar surface area (TPSA) is 98.5 Å². The normalized spacial score (nSPS) is 10.7. The van der Waals surface area contributed by atoms with Crippen molar-refractivity contribution >= 4 is 15.7 Å². The van der Waals surface area contributed by atoms with Gasteiger partial charge in [0.2, 0.25) is 10.0 Å². The number of nitrogens with one attached hydrogen (secondary N) is 1. The van der Waals surface area contributed by atoms with E-state index in [-0.39, 0.29) is 18.9 Å². The highest BCUT2D eigenvalue weighted by molar-refractivity contribution is 7.89. The van der Waals surface area contributed by atoms with Gasteiger partial charge in [-0.1, -0.05) is 24.0 Å². The fraction of sp³-hybridized carbons (Fsp3) is 0.125. The molecule has 0 radical (unpaired) electrons. The minimum Gasteiger partial charge on any atom is -0.478 e. The molecule has 0 bridgehead atoms. The molecule has 0 aromatic heterocycles. The molecule has 0 saturated carbocycles. The molecule has 26 heavy (non-hydrogen) atoms. The number of para-hydroxylation sites is 1. The minimum absolute atomic E-state index is 0.193. The molecule has 0 atom stereocenters. The van der Waals surface area contributed by atoms with E-state index in [9.17, 15) is 27.3 Å². The quantitative estimate of drug-likeness (QED) is 0.469. The van der Waals surface area contributed by atoms with Crippen molar-refractivity contribution in [1.29, 1.82) is 0 Å². The highest BCUT2D eigenvalue weighted by Gasteiger charge is 2.24. The summed E-state index contributed by atoms with van der Waals surface area (Å²) in [5.41, 5.74) is -0.553. The monoisotopic (exact) mass is 382 g/mol. The van der Waals surface area contributed by atoms with Crippen LogP contribution in [0.5, 0.6) is 5.75 Å². The minimum atomic E-state index is -4.12. The number of rotatable bonds is 6. The van der Waals surface area contributed by atoms with Gasteiger partial charge in [0.25, 0.3) is 5.69 Å². The third-order valence-corrected chi connectivity index (χ3v) is 4.47.